The summed E-state index contributed by atoms with van der Waals surface area (Å²) in [5.41, 5.74) is 1.08. The molecular formula is C17H22N6O3. The second kappa shape index (κ2) is 8.15. The number of hydrogen-bond acceptors (Lipinski definition) is 9. The van der Waals surface area contributed by atoms with Crippen LogP contribution >= 0.6 is 0 Å². The van der Waals surface area contributed by atoms with Crippen LogP contribution in [0.2, 0.25) is 0 Å². The van der Waals surface area contributed by atoms with Gasteiger partial charge in [0.15, 0.2) is 17.3 Å². The van der Waals surface area contributed by atoms with E-state index in [9.17, 15) is 0 Å². The fourth-order valence-corrected chi connectivity index (χ4v) is 2.86. The predicted molar refractivity (Wildman–Crippen MR) is 95.5 cm³/mol. The molecule has 26 heavy (non-hydrogen) atoms. The summed E-state index contributed by atoms with van der Waals surface area (Å²) < 4.78 is 16.1. The Hall–Kier alpha value is -2.65. The number of benzene rings is 1. The van der Waals surface area contributed by atoms with Gasteiger partial charge in [-0.2, -0.15) is 10.1 Å². The Labute approximate surface area is 151 Å². The molecule has 2 aliphatic rings. The summed E-state index contributed by atoms with van der Waals surface area (Å²) >= 11 is 0. The van der Waals surface area contributed by atoms with E-state index in [0.717, 1.165) is 56.5 Å². The van der Waals surface area contributed by atoms with Gasteiger partial charge in [-0.3, -0.25) is 4.90 Å². The van der Waals surface area contributed by atoms with Crippen LogP contribution in [-0.4, -0.2) is 66.3 Å². The molecule has 1 fully saturated rings. The molecule has 0 aliphatic carbocycles. The molecule has 9 nitrogen and oxygen atoms in total. The van der Waals surface area contributed by atoms with E-state index >= 15 is 0 Å². The number of rotatable bonds is 7. The third-order valence-corrected chi connectivity index (χ3v) is 4.28. The van der Waals surface area contributed by atoms with E-state index in [-0.39, 0.29) is 6.79 Å². The van der Waals surface area contributed by atoms with E-state index < -0.39 is 0 Å². The summed E-state index contributed by atoms with van der Waals surface area (Å²) in [5.74, 6) is 2.75. The Morgan fingerprint density at radius 1 is 1.08 bits per heavy atom. The first-order valence-corrected chi connectivity index (χ1v) is 8.73. The fourth-order valence-electron chi connectivity index (χ4n) is 2.86. The summed E-state index contributed by atoms with van der Waals surface area (Å²) in [6.45, 7) is 6.14. The average molecular weight is 358 g/mol. The van der Waals surface area contributed by atoms with Crippen molar-refractivity contribution >= 4 is 11.8 Å². The number of ether oxygens (including phenoxy) is 3. The molecule has 0 spiro atoms. The molecule has 1 aromatic carbocycles. The summed E-state index contributed by atoms with van der Waals surface area (Å²) in [6.07, 6.45) is 1.61. The highest BCUT2D eigenvalue weighted by Crippen LogP contribution is 2.32. The first kappa shape index (κ1) is 16.8. The molecule has 138 valence electrons. The van der Waals surface area contributed by atoms with Crippen LogP contribution in [-0.2, 0) is 11.3 Å². The van der Waals surface area contributed by atoms with Crippen molar-refractivity contribution in [2.24, 2.45) is 0 Å². The number of fused-ring (bicyclic) bond motifs is 1. The van der Waals surface area contributed by atoms with Gasteiger partial charge in [-0.05, 0) is 17.7 Å². The summed E-state index contributed by atoms with van der Waals surface area (Å²) in [6, 6.07) is 5.87. The maximum Gasteiger partial charge on any atom is 0.244 e. The first-order valence-electron chi connectivity index (χ1n) is 8.73. The van der Waals surface area contributed by atoms with Crippen molar-refractivity contribution in [1.82, 2.24) is 20.1 Å². The second-order valence-corrected chi connectivity index (χ2v) is 6.09. The third-order valence-electron chi connectivity index (χ3n) is 4.28. The Bertz CT molecular complexity index is 738. The summed E-state index contributed by atoms with van der Waals surface area (Å²) in [7, 11) is 0. The smallest absolute Gasteiger partial charge is 0.244 e. The SMILES string of the molecule is c1cc2c(cc1CNc1cnnc(NCCN3CCOCC3)n1)OCO2. The van der Waals surface area contributed by atoms with Gasteiger partial charge in [0.25, 0.3) is 0 Å². The predicted octanol–water partition coefficient (Wildman–Crippen LogP) is 0.956. The minimum atomic E-state index is 0.279. The molecule has 2 aliphatic heterocycles. The van der Waals surface area contributed by atoms with Gasteiger partial charge in [-0.15, -0.1) is 5.10 Å². The van der Waals surface area contributed by atoms with Gasteiger partial charge in [0.2, 0.25) is 12.7 Å². The van der Waals surface area contributed by atoms with E-state index in [1.54, 1.807) is 6.20 Å². The number of nitrogens with zero attached hydrogens (tertiary/aromatic N) is 4. The van der Waals surface area contributed by atoms with Gasteiger partial charge >= 0.3 is 0 Å². The normalized spacial score (nSPS) is 16.5. The molecule has 1 aromatic heterocycles. The van der Waals surface area contributed by atoms with E-state index in [1.807, 2.05) is 18.2 Å². The van der Waals surface area contributed by atoms with Crippen molar-refractivity contribution in [3.05, 3.63) is 30.0 Å². The maximum atomic E-state index is 5.39. The van der Waals surface area contributed by atoms with Gasteiger partial charge in [-0.1, -0.05) is 6.07 Å². The molecule has 0 radical (unpaired) electrons. The quantitative estimate of drug-likeness (QED) is 0.750. The zero-order valence-corrected chi connectivity index (χ0v) is 14.5. The highest BCUT2D eigenvalue weighted by molar-refractivity contribution is 5.46. The lowest BCUT2D eigenvalue weighted by Gasteiger charge is -2.26. The molecule has 0 amide bonds. The van der Waals surface area contributed by atoms with Crippen LogP contribution in [0, 0.1) is 0 Å². The van der Waals surface area contributed by atoms with Crippen molar-refractivity contribution in [3.8, 4) is 11.5 Å². The van der Waals surface area contributed by atoms with Gasteiger partial charge in [-0.25, -0.2) is 0 Å². The molecule has 1 saturated heterocycles. The summed E-state index contributed by atoms with van der Waals surface area (Å²) in [4.78, 5) is 6.80. The topological polar surface area (TPSA) is 93.7 Å². The zero-order chi connectivity index (χ0) is 17.6. The van der Waals surface area contributed by atoms with E-state index in [2.05, 4.69) is 30.7 Å². The van der Waals surface area contributed by atoms with Crippen LogP contribution in [0.5, 0.6) is 11.5 Å². The molecule has 0 atom stereocenters. The Kier molecular flexibility index (Phi) is 5.27. The number of aromatic nitrogens is 3. The maximum absolute atomic E-state index is 5.39. The molecule has 9 heteroatoms. The molecule has 3 heterocycles. The molecule has 4 rings (SSSR count). The molecule has 2 N–H and O–H groups in total. The Morgan fingerprint density at radius 3 is 2.88 bits per heavy atom. The van der Waals surface area contributed by atoms with Gasteiger partial charge < -0.3 is 24.8 Å². The third kappa shape index (κ3) is 4.30. The molecular weight excluding hydrogens is 336 g/mol. The van der Waals surface area contributed by atoms with E-state index in [0.29, 0.717) is 18.3 Å². The highest BCUT2D eigenvalue weighted by Gasteiger charge is 2.13. The standard InChI is InChI=1S/C17H22N6O3/c1-2-14-15(26-12-25-14)9-13(1)10-19-16-11-20-22-17(21-16)18-3-4-23-5-7-24-8-6-23/h1-2,9,11H,3-8,10,12H2,(H2,18,19,21,22). The van der Waals surface area contributed by atoms with Crippen molar-refractivity contribution in [2.45, 2.75) is 6.54 Å². The Balaban J connectivity index is 1.27. The van der Waals surface area contributed by atoms with E-state index in [4.69, 9.17) is 14.2 Å². The lowest BCUT2D eigenvalue weighted by atomic mass is 10.2. The van der Waals surface area contributed by atoms with Gasteiger partial charge in [0, 0.05) is 32.7 Å². The minimum absolute atomic E-state index is 0.279. The minimum Gasteiger partial charge on any atom is -0.454 e. The average Bonchev–Trinajstić information content (AvgIpc) is 3.15. The highest BCUT2D eigenvalue weighted by atomic mass is 16.7. The van der Waals surface area contributed by atoms with E-state index in [1.165, 1.54) is 0 Å². The molecule has 0 unspecified atom stereocenters. The molecule has 0 saturated carbocycles. The largest absolute Gasteiger partial charge is 0.454 e. The van der Waals surface area contributed by atoms with Gasteiger partial charge in [0.1, 0.15) is 0 Å². The van der Waals surface area contributed by atoms with Crippen LogP contribution in [0.4, 0.5) is 11.8 Å². The second-order valence-electron chi connectivity index (χ2n) is 6.09. The van der Waals surface area contributed by atoms with Crippen molar-refractivity contribution in [1.29, 1.82) is 0 Å². The van der Waals surface area contributed by atoms with Crippen LogP contribution in [0.1, 0.15) is 5.56 Å². The number of morpholine rings is 1. The van der Waals surface area contributed by atoms with Crippen LogP contribution in [0.3, 0.4) is 0 Å². The lowest BCUT2D eigenvalue weighted by molar-refractivity contribution is 0.0398. The van der Waals surface area contributed by atoms with Gasteiger partial charge in [0.05, 0.1) is 19.4 Å². The lowest BCUT2D eigenvalue weighted by Crippen LogP contribution is -2.39. The molecule has 0 bridgehead atoms. The Morgan fingerprint density at radius 2 is 1.96 bits per heavy atom. The monoisotopic (exact) mass is 358 g/mol. The zero-order valence-electron chi connectivity index (χ0n) is 14.5. The van der Waals surface area contributed by atoms with Crippen molar-refractivity contribution in [3.63, 3.8) is 0 Å². The van der Waals surface area contributed by atoms with Crippen molar-refractivity contribution < 1.29 is 14.2 Å². The number of anilines is 2. The summed E-state index contributed by atoms with van der Waals surface area (Å²) in [5, 5.41) is 14.5. The number of nitrogens with one attached hydrogen (secondary N) is 2. The van der Waals surface area contributed by atoms with Crippen LogP contribution in [0.25, 0.3) is 0 Å². The number of hydrogen-bond donors (Lipinski definition) is 2. The first-order chi connectivity index (χ1) is 12.9. The molecule has 2 aromatic rings. The van der Waals surface area contributed by atoms with Crippen LogP contribution < -0.4 is 20.1 Å². The fraction of sp³-hybridized carbons (Fsp3) is 0.471. The van der Waals surface area contributed by atoms with Crippen LogP contribution in [0.15, 0.2) is 24.4 Å². The van der Waals surface area contributed by atoms with Crippen molar-refractivity contribution in [2.75, 3.05) is 56.8 Å².